The molecule has 0 heterocycles. The Bertz CT molecular complexity index is 16.9. The fourth-order valence-electron chi connectivity index (χ4n) is 0. The van der Waals surface area contributed by atoms with Gasteiger partial charge in [0.1, 0.15) is 0 Å². The van der Waals surface area contributed by atoms with Crippen molar-refractivity contribution in [2.45, 2.75) is 0 Å². The minimum atomic E-state index is -0.226. The number of nitrogens with two attached hydrogens (primary N) is 1. The Balaban J connectivity index is -0.0000000400. The van der Waals surface area contributed by atoms with E-state index in [4.69, 9.17) is 19.4 Å². The van der Waals surface area contributed by atoms with Gasteiger partial charge >= 0.3 is 34.5 Å². The third-order valence-electron chi connectivity index (χ3n) is 0. The predicted octanol–water partition coefficient (Wildman–Crippen LogP) is 1.30. The van der Waals surface area contributed by atoms with Crippen molar-refractivity contribution in [1.82, 2.24) is 0 Å². The van der Waals surface area contributed by atoms with E-state index in [1.807, 2.05) is 0 Å². The van der Waals surface area contributed by atoms with Crippen LogP contribution in [0.2, 0.25) is 0 Å². The van der Waals surface area contributed by atoms with Crippen molar-refractivity contribution in [3.8, 4) is 0 Å². The Labute approximate surface area is 64.7 Å². The molecule has 2 nitrogen and oxygen atoms in total. The van der Waals surface area contributed by atoms with Crippen LogP contribution in [0.1, 0.15) is 0 Å². The molecular weight excluding hydrogens is 251 g/mol. The van der Waals surface area contributed by atoms with Crippen LogP contribution in [-0.2, 0) is 20.0 Å². The van der Waals surface area contributed by atoms with E-state index in [1.165, 1.54) is 7.11 Å². The van der Waals surface area contributed by atoms with Gasteiger partial charge in [-0.15, -0.1) is 12.4 Å². The number of hydrogen-bond acceptors (Lipinski definition) is 2. The van der Waals surface area contributed by atoms with Gasteiger partial charge in [0.2, 0.25) is 0 Å². The van der Waals surface area contributed by atoms with Crippen molar-refractivity contribution >= 4 is 31.8 Å². The molecule has 7 heavy (non-hydrogen) atoms. The molecule has 0 unspecified atom stereocenters. The molecule has 0 bridgehead atoms. The average molecular weight is 257 g/mol. The number of halogens is 3. The normalized spacial score (nSPS) is 5.71. The molecule has 0 aliphatic rings. The second-order valence-electron chi connectivity index (χ2n) is 0.283. The van der Waals surface area contributed by atoms with Crippen LogP contribution >= 0.6 is 31.8 Å². The van der Waals surface area contributed by atoms with Crippen LogP contribution in [-0.4, -0.2) is 7.11 Å². The predicted molar refractivity (Wildman–Crippen MR) is 30.2 cm³/mol. The van der Waals surface area contributed by atoms with Crippen LogP contribution in [0, 0.1) is 0 Å². The molecule has 0 spiro atoms. The van der Waals surface area contributed by atoms with E-state index in [0.717, 1.165) is 0 Å². The summed E-state index contributed by atoms with van der Waals surface area (Å²) in [5.41, 5.74) is 0. The Morgan fingerprint density at radius 2 is 1.57 bits per heavy atom. The van der Waals surface area contributed by atoms with Gasteiger partial charge in [-0.2, -0.15) is 0 Å². The van der Waals surface area contributed by atoms with Gasteiger partial charge in [0.05, 0.1) is 7.11 Å². The van der Waals surface area contributed by atoms with E-state index in [9.17, 15) is 0 Å². The Morgan fingerprint density at radius 3 is 1.57 bits per heavy atom. The van der Waals surface area contributed by atoms with E-state index in [1.54, 1.807) is 0 Å². The molecule has 0 aromatic carbocycles. The van der Waals surface area contributed by atoms with Crippen molar-refractivity contribution in [1.29, 1.82) is 0 Å². The maximum absolute atomic E-state index is 4.83. The van der Waals surface area contributed by atoms with Crippen molar-refractivity contribution in [3.05, 3.63) is 0 Å². The van der Waals surface area contributed by atoms with Gasteiger partial charge in [0.25, 0.3) is 0 Å². The van der Waals surface area contributed by atoms with E-state index in [0.29, 0.717) is 0 Å². The molecule has 0 saturated carbocycles. The third-order valence-corrected chi connectivity index (χ3v) is 0. The van der Waals surface area contributed by atoms with Crippen molar-refractivity contribution in [2.24, 2.45) is 5.90 Å². The van der Waals surface area contributed by atoms with E-state index >= 15 is 0 Å². The third kappa shape index (κ3) is 109. The van der Waals surface area contributed by atoms with E-state index in [2.05, 4.69) is 10.7 Å². The molecule has 0 aromatic heterocycles. The van der Waals surface area contributed by atoms with Crippen LogP contribution in [0.25, 0.3) is 0 Å². The summed E-state index contributed by atoms with van der Waals surface area (Å²) in [6.07, 6.45) is 0. The van der Waals surface area contributed by atoms with Crippen LogP contribution in [0.4, 0.5) is 0 Å². The fraction of sp³-hybridized carbons (Fsp3) is 1.00. The van der Waals surface area contributed by atoms with Crippen molar-refractivity contribution in [3.63, 3.8) is 0 Å². The Kier molecular flexibility index (Phi) is 59.0. The van der Waals surface area contributed by atoms with Gasteiger partial charge in [-0.05, 0) is 0 Å². The standard InChI is InChI=1S/CH5NO.3ClH.Rh/c1-3-2;;;;/h2H2,1H3;3*1H;/q;;;;+2/p-2. The topological polar surface area (TPSA) is 35.2 Å². The SMILES string of the molecule is CON.Cl.[Cl][Rh][Cl]. The molecule has 0 amide bonds. The van der Waals surface area contributed by atoms with Gasteiger partial charge in [0.15, 0.2) is 0 Å². The molecule has 0 saturated heterocycles. The molecule has 6 heteroatoms. The summed E-state index contributed by atoms with van der Waals surface area (Å²) in [4.78, 5) is 3.75. The Morgan fingerprint density at radius 1 is 1.57 bits per heavy atom. The summed E-state index contributed by atoms with van der Waals surface area (Å²) in [5, 5.41) is 0. The molecule has 0 aromatic rings. The number of hydrogen-bond donors (Lipinski definition) is 1. The molecule has 0 radical (unpaired) electrons. The summed E-state index contributed by atoms with van der Waals surface area (Å²) in [7, 11) is 11.1. The molecule has 0 atom stereocenters. The molecular formula is CH6Cl3NORh. The first-order valence-corrected chi connectivity index (χ1v) is 5.12. The quantitative estimate of drug-likeness (QED) is 0.524. The fourth-order valence-corrected chi connectivity index (χ4v) is 0. The zero-order valence-electron chi connectivity index (χ0n) is 3.48. The van der Waals surface area contributed by atoms with Crippen LogP contribution in [0.3, 0.4) is 0 Å². The van der Waals surface area contributed by atoms with E-state index < -0.39 is 0 Å². The molecule has 0 fully saturated rings. The van der Waals surface area contributed by atoms with Crippen LogP contribution < -0.4 is 5.90 Å². The van der Waals surface area contributed by atoms with Crippen molar-refractivity contribution < 1.29 is 20.0 Å². The van der Waals surface area contributed by atoms with Gasteiger partial charge in [-0.25, -0.2) is 5.90 Å². The summed E-state index contributed by atoms with van der Waals surface area (Å²) < 4.78 is 0. The first-order valence-electron chi connectivity index (χ1n) is 0.896. The average Bonchev–Trinajstić information content (AvgIpc) is 1.39. The first-order chi connectivity index (χ1) is 2.83. The molecule has 0 aliphatic carbocycles. The van der Waals surface area contributed by atoms with Gasteiger partial charge in [-0.1, -0.05) is 0 Å². The monoisotopic (exact) mass is 256 g/mol. The molecule has 51 valence electrons. The molecule has 2 N–H and O–H groups in total. The van der Waals surface area contributed by atoms with Gasteiger partial charge < -0.3 is 4.84 Å². The summed E-state index contributed by atoms with van der Waals surface area (Å²) in [6.45, 7) is 0. The molecule has 0 rings (SSSR count). The summed E-state index contributed by atoms with van der Waals surface area (Å²) >= 11 is -0.226. The zero-order valence-corrected chi connectivity index (χ0v) is 7.45. The maximum atomic E-state index is 4.83. The van der Waals surface area contributed by atoms with Crippen molar-refractivity contribution in [2.75, 3.05) is 7.11 Å². The zero-order chi connectivity index (χ0) is 5.41. The van der Waals surface area contributed by atoms with E-state index in [-0.39, 0.29) is 27.6 Å². The van der Waals surface area contributed by atoms with Gasteiger partial charge in [-0.3, -0.25) is 0 Å². The summed E-state index contributed by atoms with van der Waals surface area (Å²) in [6, 6.07) is 0. The number of rotatable bonds is 0. The summed E-state index contributed by atoms with van der Waals surface area (Å²) in [5.74, 6) is 4.35. The van der Waals surface area contributed by atoms with Crippen LogP contribution in [0.5, 0.6) is 0 Å². The second kappa shape index (κ2) is 26.2. The second-order valence-corrected chi connectivity index (χ2v) is 2.77. The Hall–Kier alpha value is 1.41. The minimum absolute atomic E-state index is 0. The first kappa shape index (κ1) is 15.8. The van der Waals surface area contributed by atoms with Crippen LogP contribution in [0.15, 0.2) is 0 Å². The molecule has 0 aliphatic heterocycles. The van der Waals surface area contributed by atoms with Gasteiger partial charge in [0, 0.05) is 0 Å².